The first-order chi connectivity index (χ1) is 13.5. The summed E-state index contributed by atoms with van der Waals surface area (Å²) in [5.74, 6) is -0.727. The molecule has 0 fully saturated rings. The molecule has 0 spiro atoms. The number of aliphatic carboxylic acids is 1. The van der Waals surface area contributed by atoms with Gasteiger partial charge in [-0.3, -0.25) is 4.79 Å². The zero-order valence-electron chi connectivity index (χ0n) is 18.8. The highest BCUT2D eigenvalue weighted by Gasteiger charge is 2.39. The van der Waals surface area contributed by atoms with Crippen LogP contribution in [0.2, 0.25) is 18.1 Å². The summed E-state index contributed by atoms with van der Waals surface area (Å²) in [6.07, 6.45) is 2.62. The van der Waals surface area contributed by atoms with Crippen LogP contribution in [-0.2, 0) is 9.22 Å². The van der Waals surface area contributed by atoms with Gasteiger partial charge in [0, 0.05) is 6.42 Å². The molecule has 0 aliphatic rings. The van der Waals surface area contributed by atoms with Crippen LogP contribution in [0.15, 0.2) is 48.5 Å². The Morgan fingerprint density at radius 2 is 1.48 bits per heavy atom. The fourth-order valence-electron chi connectivity index (χ4n) is 3.07. The van der Waals surface area contributed by atoms with Crippen LogP contribution in [0.5, 0.6) is 0 Å². The molecule has 3 nitrogen and oxygen atoms in total. The Labute approximate surface area is 177 Å². The molecule has 0 aliphatic carbocycles. The van der Waals surface area contributed by atoms with Gasteiger partial charge in [-0.1, -0.05) is 74.9 Å². The largest absolute Gasteiger partial charge is 0.481 e. The maximum absolute atomic E-state index is 10.8. The molecule has 0 saturated carbocycles. The molecule has 2 aromatic rings. The number of rotatable bonds is 9. The highest BCUT2D eigenvalue weighted by molar-refractivity contribution is 6.74. The Morgan fingerprint density at radius 1 is 0.966 bits per heavy atom. The monoisotopic (exact) mass is 412 g/mol. The van der Waals surface area contributed by atoms with Crippen LogP contribution in [0.4, 0.5) is 0 Å². The molecule has 4 heteroatoms. The van der Waals surface area contributed by atoms with E-state index in [0.717, 1.165) is 12.8 Å². The topological polar surface area (TPSA) is 46.5 Å². The Kier molecular flexibility index (Phi) is 7.84. The lowest BCUT2D eigenvalue weighted by Gasteiger charge is -2.39. The highest BCUT2D eigenvalue weighted by atomic mass is 28.4. The first-order valence-electron chi connectivity index (χ1n) is 10.6. The Morgan fingerprint density at radius 3 is 1.97 bits per heavy atom. The molecule has 158 valence electrons. The van der Waals surface area contributed by atoms with Gasteiger partial charge in [0.15, 0.2) is 8.32 Å². The molecule has 2 aromatic carbocycles. The smallest absolute Gasteiger partial charge is 0.303 e. The minimum atomic E-state index is -1.93. The van der Waals surface area contributed by atoms with Crippen LogP contribution >= 0.6 is 0 Å². The van der Waals surface area contributed by atoms with Gasteiger partial charge in [0.1, 0.15) is 0 Å². The number of unbranched alkanes of at least 4 members (excludes halogenated alkanes) is 1. The van der Waals surface area contributed by atoms with E-state index in [1.165, 1.54) is 22.3 Å². The molecule has 0 amide bonds. The van der Waals surface area contributed by atoms with E-state index in [-0.39, 0.29) is 17.6 Å². The normalized spacial score (nSPS) is 13.3. The lowest BCUT2D eigenvalue weighted by atomic mass is 9.99. The maximum atomic E-state index is 10.8. The summed E-state index contributed by atoms with van der Waals surface area (Å²) in [6.45, 7) is 13.4. The Bertz CT molecular complexity index is 786. The van der Waals surface area contributed by atoms with Crippen molar-refractivity contribution in [1.29, 1.82) is 0 Å². The second-order valence-electron chi connectivity index (χ2n) is 9.49. The first-order valence-corrected chi connectivity index (χ1v) is 13.5. The predicted octanol–water partition coefficient (Wildman–Crippen LogP) is 7.37. The van der Waals surface area contributed by atoms with Gasteiger partial charge in [-0.15, -0.1) is 0 Å². The average molecular weight is 413 g/mol. The molecule has 0 aromatic heterocycles. The minimum absolute atomic E-state index is 0.0109. The molecular weight excluding hydrogens is 376 g/mol. The standard InChI is InChI=1S/C25H36O3Si/c1-19-11-13-20(14-12-19)21-15-17-22(18-16-21)23(9-7-8-10-24(26)27)28-29(5,6)25(2,3)4/h11-18,23H,7-10H2,1-6H3,(H,26,27). The lowest BCUT2D eigenvalue weighted by molar-refractivity contribution is -0.137. The Hall–Kier alpha value is -1.91. The van der Waals surface area contributed by atoms with Crippen LogP contribution < -0.4 is 0 Å². The van der Waals surface area contributed by atoms with Crippen LogP contribution in [-0.4, -0.2) is 19.4 Å². The summed E-state index contributed by atoms with van der Waals surface area (Å²) in [7, 11) is -1.93. The van der Waals surface area contributed by atoms with E-state index in [4.69, 9.17) is 9.53 Å². The number of benzene rings is 2. The van der Waals surface area contributed by atoms with E-state index < -0.39 is 14.3 Å². The predicted molar refractivity (Wildman–Crippen MR) is 124 cm³/mol. The van der Waals surface area contributed by atoms with Gasteiger partial charge in [0.25, 0.3) is 0 Å². The molecule has 0 bridgehead atoms. The van der Waals surface area contributed by atoms with Crippen LogP contribution in [0, 0.1) is 6.92 Å². The molecule has 1 unspecified atom stereocenters. The lowest BCUT2D eigenvalue weighted by Crippen LogP contribution is -2.41. The van der Waals surface area contributed by atoms with Crippen LogP contribution in [0.3, 0.4) is 0 Å². The first kappa shape index (κ1) is 23.4. The summed E-state index contributed by atoms with van der Waals surface area (Å²) in [6, 6.07) is 17.2. The van der Waals surface area contributed by atoms with Crippen molar-refractivity contribution in [3.63, 3.8) is 0 Å². The summed E-state index contributed by atoms with van der Waals surface area (Å²) in [5.41, 5.74) is 4.85. The molecule has 1 atom stereocenters. The second-order valence-corrected chi connectivity index (χ2v) is 14.3. The summed E-state index contributed by atoms with van der Waals surface area (Å²) >= 11 is 0. The van der Waals surface area contributed by atoms with Crippen molar-refractivity contribution >= 4 is 14.3 Å². The summed E-state index contributed by atoms with van der Waals surface area (Å²) in [5, 5.41) is 9.05. The highest BCUT2D eigenvalue weighted by Crippen LogP contribution is 2.41. The van der Waals surface area contributed by atoms with Crippen molar-refractivity contribution in [3.8, 4) is 11.1 Å². The molecular formula is C25H36O3Si. The number of hydrogen-bond donors (Lipinski definition) is 1. The average Bonchev–Trinajstić information content (AvgIpc) is 2.64. The van der Waals surface area contributed by atoms with Crippen molar-refractivity contribution in [2.45, 2.75) is 77.6 Å². The van der Waals surface area contributed by atoms with Crippen molar-refractivity contribution in [3.05, 3.63) is 59.7 Å². The van der Waals surface area contributed by atoms with Gasteiger partial charge in [0.2, 0.25) is 0 Å². The molecule has 29 heavy (non-hydrogen) atoms. The van der Waals surface area contributed by atoms with E-state index in [2.05, 4.69) is 89.3 Å². The van der Waals surface area contributed by atoms with E-state index in [9.17, 15) is 4.79 Å². The summed E-state index contributed by atoms with van der Waals surface area (Å²) in [4.78, 5) is 10.8. The number of hydrogen-bond acceptors (Lipinski definition) is 2. The third-order valence-corrected chi connectivity index (χ3v) is 10.5. The van der Waals surface area contributed by atoms with E-state index in [0.29, 0.717) is 6.42 Å². The molecule has 0 saturated heterocycles. The van der Waals surface area contributed by atoms with Gasteiger partial charge >= 0.3 is 5.97 Å². The van der Waals surface area contributed by atoms with Gasteiger partial charge in [0.05, 0.1) is 6.10 Å². The van der Waals surface area contributed by atoms with Crippen molar-refractivity contribution in [1.82, 2.24) is 0 Å². The van der Waals surface area contributed by atoms with E-state index in [1.807, 2.05) is 0 Å². The zero-order chi connectivity index (χ0) is 21.7. The fourth-order valence-corrected chi connectivity index (χ4v) is 4.39. The van der Waals surface area contributed by atoms with Gasteiger partial charge < -0.3 is 9.53 Å². The van der Waals surface area contributed by atoms with Crippen LogP contribution in [0.1, 0.15) is 63.7 Å². The van der Waals surface area contributed by atoms with Gasteiger partial charge in [-0.25, -0.2) is 0 Å². The molecule has 1 N–H and O–H groups in total. The number of aryl methyl sites for hydroxylation is 1. The number of carbonyl (C=O) groups is 1. The Balaban J connectivity index is 2.20. The van der Waals surface area contributed by atoms with E-state index in [1.54, 1.807) is 0 Å². The SMILES string of the molecule is Cc1ccc(-c2ccc(C(CCCCC(=O)O)O[Si](C)(C)C(C)(C)C)cc2)cc1. The van der Waals surface area contributed by atoms with Gasteiger partial charge in [-0.05, 0) is 61.0 Å². The quantitative estimate of drug-likeness (QED) is 0.345. The minimum Gasteiger partial charge on any atom is -0.481 e. The second kappa shape index (κ2) is 9.73. The molecule has 0 aliphatic heterocycles. The third-order valence-electron chi connectivity index (χ3n) is 6.02. The van der Waals surface area contributed by atoms with Crippen molar-refractivity contribution < 1.29 is 14.3 Å². The van der Waals surface area contributed by atoms with Crippen molar-refractivity contribution in [2.24, 2.45) is 0 Å². The molecule has 2 rings (SSSR count). The van der Waals surface area contributed by atoms with Gasteiger partial charge in [-0.2, -0.15) is 0 Å². The number of carboxylic acid groups (broad SMARTS) is 1. The van der Waals surface area contributed by atoms with Crippen LogP contribution in [0.25, 0.3) is 11.1 Å². The molecule has 0 heterocycles. The van der Waals surface area contributed by atoms with E-state index >= 15 is 0 Å². The zero-order valence-corrected chi connectivity index (χ0v) is 19.8. The molecule has 0 radical (unpaired) electrons. The maximum Gasteiger partial charge on any atom is 0.303 e. The van der Waals surface area contributed by atoms with Crippen molar-refractivity contribution in [2.75, 3.05) is 0 Å². The third kappa shape index (κ3) is 6.83. The fraction of sp³-hybridized carbons (Fsp3) is 0.480. The number of carboxylic acids is 1. The summed E-state index contributed by atoms with van der Waals surface area (Å²) < 4.78 is 6.75.